The maximum atomic E-state index is 3.51. The molecule has 14 heavy (non-hydrogen) atoms. The summed E-state index contributed by atoms with van der Waals surface area (Å²) in [6.07, 6.45) is 5.63. The van der Waals surface area contributed by atoms with Crippen molar-refractivity contribution in [2.24, 2.45) is 5.92 Å². The highest BCUT2D eigenvalue weighted by Gasteiger charge is 2.40. The topological polar surface area (TPSA) is 15.3 Å². The van der Waals surface area contributed by atoms with Crippen molar-refractivity contribution in [3.8, 4) is 0 Å². The maximum Gasteiger partial charge on any atom is 0.0275 e. The van der Waals surface area contributed by atoms with Crippen molar-refractivity contribution in [2.45, 2.75) is 57.7 Å². The molecule has 2 atom stereocenters. The third kappa shape index (κ3) is 1.96. The molecule has 2 unspecified atom stereocenters. The molecule has 0 aromatic carbocycles. The van der Waals surface area contributed by atoms with Gasteiger partial charge >= 0.3 is 0 Å². The van der Waals surface area contributed by atoms with E-state index in [-0.39, 0.29) is 0 Å². The molecule has 2 fully saturated rings. The molecule has 2 nitrogen and oxygen atoms in total. The standard InChI is InChI=1S/C12H24N2/c1-9(2)12-11(13-3)5-4-8-14(12)10-6-7-10/h9-13H,4-8H2,1-3H3. The first-order chi connectivity index (χ1) is 6.74. The Balaban J connectivity index is 2.05. The summed E-state index contributed by atoms with van der Waals surface area (Å²) >= 11 is 0. The normalized spacial score (nSPS) is 35.1. The summed E-state index contributed by atoms with van der Waals surface area (Å²) in [5.41, 5.74) is 0. The van der Waals surface area contributed by atoms with E-state index in [2.05, 4.69) is 31.1 Å². The van der Waals surface area contributed by atoms with Crippen LogP contribution in [0.2, 0.25) is 0 Å². The van der Waals surface area contributed by atoms with Crippen LogP contribution >= 0.6 is 0 Å². The third-order valence-electron chi connectivity index (χ3n) is 3.80. The molecule has 1 N–H and O–H groups in total. The van der Waals surface area contributed by atoms with Gasteiger partial charge in [-0.05, 0) is 45.2 Å². The molecule has 0 bridgehead atoms. The lowest BCUT2D eigenvalue weighted by Gasteiger charge is -2.44. The first-order valence-electron chi connectivity index (χ1n) is 6.17. The molecule has 2 rings (SSSR count). The van der Waals surface area contributed by atoms with Gasteiger partial charge in [0.2, 0.25) is 0 Å². The van der Waals surface area contributed by atoms with Crippen LogP contribution in [0.25, 0.3) is 0 Å². The zero-order valence-electron chi connectivity index (χ0n) is 9.79. The van der Waals surface area contributed by atoms with E-state index in [1.54, 1.807) is 0 Å². The molecule has 0 radical (unpaired) electrons. The van der Waals surface area contributed by atoms with Crippen molar-refractivity contribution in [1.29, 1.82) is 0 Å². The van der Waals surface area contributed by atoms with Crippen LogP contribution in [0.5, 0.6) is 0 Å². The van der Waals surface area contributed by atoms with E-state index in [1.807, 2.05) is 0 Å². The largest absolute Gasteiger partial charge is 0.315 e. The summed E-state index contributed by atoms with van der Waals surface area (Å²) in [5.74, 6) is 0.786. The molecule has 2 aliphatic rings. The van der Waals surface area contributed by atoms with Gasteiger partial charge in [-0.3, -0.25) is 4.90 Å². The smallest absolute Gasteiger partial charge is 0.0275 e. The Morgan fingerprint density at radius 3 is 2.43 bits per heavy atom. The van der Waals surface area contributed by atoms with Crippen molar-refractivity contribution in [1.82, 2.24) is 10.2 Å². The monoisotopic (exact) mass is 196 g/mol. The highest BCUT2D eigenvalue weighted by atomic mass is 15.2. The van der Waals surface area contributed by atoms with Crippen LogP contribution < -0.4 is 5.32 Å². The fourth-order valence-corrected chi connectivity index (χ4v) is 3.04. The van der Waals surface area contributed by atoms with E-state index in [0.29, 0.717) is 0 Å². The molecule has 1 heterocycles. The molecule has 0 aromatic heterocycles. The minimum Gasteiger partial charge on any atom is -0.315 e. The molecule has 0 aromatic rings. The Kier molecular flexibility index (Phi) is 3.13. The van der Waals surface area contributed by atoms with Gasteiger partial charge in [0, 0.05) is 18.1 Å². The Bertz CT molecular complexity index is 187. The number of likely N-dealkylation sites (tertiary alicyclic amines) is 1. The van der Waals surface area contributed by atoms with Gasteiger partial charge in [-0.1, -0.05) is 13.8 Å². The van der Waals surface area contributed by atoms with E-state index < -0.39 is 0 Å². The van der Waals surface area contributed by atoms with Crippen molar-refractivity contribution in [3.05, 3.63) is 0 Å². The van der Waals surface area contributed by atoms with Crippen LogP contribution in [0.15, 0.2) is 0 Å². The number of hydrogen-bond donors (Lipinski definition) is 1. The van der Waals surface area contributed by atoms with E-state index in [4.69, 9.17) is 0 Å². The lowest BCUT2D eigenvalue weighted by Crippen LogP contribution is -2.56. The average Bonchev–Trinajstić information content (AvgIpc) is 2.99. The van der Waals surface area contributed by atoms with Crippen LogP contribution in [0.1, 0.15) is 39.5 Å². The van der Waals surface area contributed by atoms with Crippen molar-refractivity contribution in [2.75, 3.05) is 13.6 Å². The molecule has 1 saturated carbocycles. The number of nitrogens with one attached hydrogen (secondary N) is 1. The molecule has 0 amide bonds. The van der Waals surface area contributed by atoms with Crippen LogP contribution in [-0.4, -0.2) is 36.6 Å². The summed E-state index contributed by atoms with van der Waals surface area (Å²) in [5, 5.41) is 3.51. The lowest BCUT2D eigenvalue weighted by molar-refractivity contribution is 0.0743. The fourth-order valence-electron chi connectivity index (χ4n) is 3.04. The zero-order valence-corrected chi connectivity index (χ0v) is 9.79. The summed E-state index contributed by atoms with van der Waals surface area (Å²) < 4.78 is 0. The number of likely N-dealkylation sites (N-methyl/N-ethyl adjacent to an activating group) is 1. The van der Waals surface area contributed by atoms with Gasteiger partial charge in [-0.25, -0.2) is 0 Å². The van der Waals surface area contributed by atoms with E-state index in [0.717, 1.165) is 24.0 Å². The first kappa shape index (κ1) is 10.4. The van der Waals surface area contributed by atoms with Gasteiger partial charge in [-0.15, -0.1) is 0 Å². The quantitative estimate of drug-likeness (QED) is 0.741. The second kappa shape index (κ2) is 4.19. The minimum absolute atomic E-state index is 0.726. The predicted octanol–water partition coefficient (Wildman–Crippen LogP) is 1.86. The third-order valence-corrected chi connectivity index (χ3v) is 3.80. The van der Waals surface area contributed by atoms with Gasteiger partial charge in [0.1, 0.15) is 0 Å². The van der Waals surface area contributed by atoms with Crippen molar-refractivity contribution < 1.29 is 0 Å². The zero-order chi connectivity index (χ0) is 10.1. The van der Waals surface area contributed by atoms with Crippen LogP contribution in [0.4, 0.5) is 0 Å². The van der Waals surface area contributed by atoms with Gasteiger partial charge in [-0.2, -0.15) is 0 Å². The van der Waals surface area contributed by atoms with Gasteiger partial charge in [0.05, 0.1) is 0 Å². The van der Waals surface area contributed by atoms with E-state index >= 15 is 0 Å². The van der Waals surface area contributed by atoms with Gasteiger partial charge in [0.25, 0.3) is 0 Å². The van der Waals surface area contributed by atoms with Crippen LogP contribution in [-0.2, 0) is 0 Å². The second-order valence-electron chi connectivity index (χ2n) is 5.24. The molecule has 1 aliphatic carbocycles. The minimum atomic E-state index is 0.726. The van der Waals surface area contributed by atoms with E-state index in [1.165, 1.54) is 32.2 Å². The molecular formula is C12H24N2. The maximum absolute atomic E-state index is 3.51. The fraction of sp³-hybridized carbons (Fsp3) is 1.00. The Labute approximate surface area is 88.1 Å². The van der Waals surface area contributed by atoms with Crippen LogP contribution in [0.3, 0.4) is 0 Å². The van der Waals surface area contributed by atoms with Gasteiger partial charge in [0.15, 0.2) is 0 Å². The summed E-state index contributed by atoms with van der Waals surface area (Å²) in [6.45, 7) is 6.08. The highest BCUT2D eigenvalue weighted by Crippen LogP contribution is 2.35. The summed E-state index contributed by atoms with van der Waals surface area (Å²) in [4.78, 5) is 2.77. The van der Waals surface area contributed by atoms with Crippen molar-refractivity contribution in [3.63, 3.8) is 0 Å². The molecule has 0 spiro atoms. The lowest BCUT2D eigenvalue weighted by atomic mass is 9.88. The molecular weight excluding hydrogens is 172 g/mol. The average molecular weight is 196 g/mol. The Hall–Kier alpha value is -0.0800. The molecule has 82 valence electrons. The van der Waals surface area contributed by atoms with Gasteiger partial charge < -0.3 is 5.32 Å². The molecule has 2 heteroatoms. The number of hydrogen-bond acceptors (Lipinski definition) is 2. The first-order valence-corrected chi connectivity index (χ1v) is 6.17. The van der Waals surface area contributed by atoms with Crippen molar-refractivity contribution >= 4 is 0 Å². The number of piperidine rings is 1. The summed E-state index contributed by atoms with van der Waals surface area (Å²) in [6, 6.07) is 2.43. The summed E-state index contributed by atoms with van der Waals surface area (Å²) in [7, 11) is 2.12. The van der Waals surface area contributed by atoms with Crippen LogP contribution in [0, 0.1) is 5.92 Å². The molecule has 1 saturated heterocycles. The Morgan fingerprint density at radius 2 is 1.93 bits per heavy atom. The highest BCUT2D eigenvalue weighted by molar-refractivity contribution is 4.97. The number of nitrogens with zero attached hydrogens (tertiary/aromatic N) is 1. The molecule has 1 aliphatic heterocycles. The second-order valence-corrected chi connectivity index (χ2v) is 5.24. The Morgan fingerprint density at radius 1 is 1.21 bits per heavy atom. The predicted molar refractivity (Wildman–Crippen MR) is 60.4 cm³/mol. The number of rotatable bonds is 3. The van der Waals surface area contributed by atoms with E-state index in [9.17, 15) is 0 Å². The SMILES string of the molecule is CNC1CCCN(C2CC2)C1C(C)C.